The van der Waals surface area contributed by atoms with Crippen molar-refractivity contribution in [2.24, 2.45) is 0 Å². The molecule has 4 nitrogen and oxygen atoms in total. The van der Waals surface area contributed by atoms with E-state index in [4.69, 9.17) is 10.2 Å². The van der Waals surface area contributed by atoms with E-state index >= 15 is 0 Å². The van der Waals surface area contributed by atoms with Crippen LogP contribution in [-0.2, 0) is 0 Å². The van der Waals surface area contributed by atoms with Crippen molar-refractivity contribution in [2.75, 3.05) is 0 Å². The molecule has 1 aromatic rings. The number of allylic oxidation sites excluding steroid dienone is 1. The van der Waals surface area contributed by atoms with Gasteiger partial charge in [-0.05, 0) is 35.9 Å². The fraction of sp³-hybridized carbons (Fsp3) is 0.0769. The molecule has 1 aromatic carbocycles. The van der Waals surface area contributed by atoms with Gasteiger partial charge in [0, 0.05) is 11.6 Å². The Morgan fingerprint density at radius 1 is 1.06 bits per heavy atom. The van der Waals surface area contributed by atoms with Crippen LogP contribution in [0, 0.1) is 0 Å². The fourth-order valence-corrected chi connectivity index (χ4v) is 1.56. The molecule has 1 aliphatic carbocycles. The summed E-state index contributed by atoms with van der Waals surface area (Å²) in [7, 11) is 0. The Morgan fingerprint density at radius 2 is 1.82 bits per heavy atom. The lowest BCUT2D eigenvalue weighted by molar-refractivity contribution is 0.255. The van der Waals surface area contributed by atoms with Gasteiger partial charge in [-0.25, -0.2) is 0 Å². The molecule has 0 saturated carbocycles. The summed E-state index contributed by atoms with van der Waals surface area (Å²) in [6.45, 7) is 0. The van der Waals surface area contributed by atoms with Crippen molar-refractivity contribution >= 4 is 6.08 Å². The van der Waals surface area contributed by atoms with Gasteiger partial charge in [0.05, 0.1) is 0 Å². The molecule has 1 aliphatic rings. The quantitative estimate of drug-likeness (QED) is 0.595. The fourth-order valence-electron chi connectivity index (χ4n) is 1.56. The molecule has 0 bridgehead atoms. The third-order valence-electron chi connectivity index (χ3n) is 2.45. The lowest BCUT2D eigenvalue weighted by atomic mass is 10.0. The number of benzene rings is 1. The van der Waals surface area contributed by atoms with Gasteiger partial charge < -0.3 is 20.4 Å². The topological polar surface area (TPSA) is 80.9 Å². The van der Waals surface area contributed by atoms with Crippen LogP contribution in [0.25, 0.3) is 6.08 Å². The highest BCUT2D eigenvalue weighted by Crippen LogP contribution is 2.26. The summed E-state index contributed by atoms with van der Waals surface area (Å²) in [6.07, 6.45) is 4.98. The molecule has 1 unspecified atom stereocenters. The molecular weight excluding hydrogens is 220 g/mol. The van der Waals surface area contributed by atoms with Crippen LogP contribution in [0.3, 0.4) is 0 Å². The van der Waals surface area contributed by atoms with Crippen LogP contribution in [0.15, 0.2) is 47.8 Å². The minimum atomic E-state index is -0.909. The van der Waals surface area contributed by atoms with E-state index in [-0.39, 0.29) is 17.3 Å². The average molecular weight is 232 g/mol. The van der Waals surface area contributed by atoms with Crippen LogP contribution >= 0.6 is 0 Å². The second kappa shape index (κ2) is 4.35. The minimum Gasteiger partial charge on any atom is -0.508 e. The van der Waals surface area contributed by atoms with Gasteiger partial charge in [0.25, 0.3) is 0 Å². The number of phenols is 2. The first-order valence-corrected chi connectivity index (χ1v) is 5.07. The maximum absolute atomic E-state index is 9.66. The molecule has 4 N–H and O–H groups in total. The van der Waals surface area contributed by atoms with E-state index in [1.54, 1.807) is 12.2 Å². The summed E-state index contributed by atoms with van der Waals surface area (Å²) in [6, 6.07) is 4.20. The molecule has 0 aromatic heterocycles. The van der Waals surface area contributed by atoms with Crippen molar-refractivity contribution in [3.8, 4) is 11.5 Å². The zero-order valence-corrected chi connectivity index (χ0v) is 8.91. The number of aromatic hydroxyl groups is 2. The van der Waals surface area contributed by atoms with Crippen LogP contribution in [-0.4, -0.2) is 26.5 Å². The molecule has 0 radical (unpaired) electrons. The van der Waals surface area contributed by atoms with E-state index in [0.717, 1.165) is 0 Å². The maximum Gasteiger partial charge on any atom is 0.126 e. The van der Waals surface area contributed by atoms with Gasteiger partial charge in [-0.3, -0.25) is 0 Å². The average Bonchev–Trinajstić information content (AvgIpc) is 2.25. The first kappa shape index (κ1) is 11.3. The zero-order valence-electron chi connectivity index (χ0n) is 8.91. The zero-order chi connectivity index (χ0) is 12.4. The molecule has 0 heterocycles. The number of hydrogen-bond acceptors (Lipinski definition) is 4. The van der Waals surface area contributed by atoms with Crippen molar-refractivity contribution < 1.29 is 20.4 Å². The van der Waals surface area contributed by atoms with Crippen molar-refractivity contribution in [2.45, 2.75) is 6.10 Å². The van der Waals surface area contributed by atoms with E-state index in [0.29, 0.717) is 11.1 Å². The number of aliphatic hydroxyl groups is 2. The molecule has 17 heavy (non-hydrogen) atoms. The van der Waals surface area contributed by atoms with Gasteiger partial charge >= 0.3 is 0 Å². The summed E-state index contributed by atoms with van der Waals surface area (Å²) < 4.78 is 0. The Bertz CT molecular complexity index is 526. The van der Waals surface area contributed by atoms with Gasteiger partial charge in [0.1, 0.15) is 23.4 Å². The Morgan fingerprint density at radius 3 is 2.47 bits per heavy atom. The second-order valence-electron chi connectivity index (χ2n) is 3.76. The van der Waals surface area contributed by atoms with Crippen LogP contribution in [0.4, 0.5) is 0 Å². The van der Waals surface area contributed by atoms with Gasteiger partial charge in [-0.1, -0.05) is 6.08 Å². The molecule has 0 spiro atoms. The van der Waals surface area contributed by atoms with Crippen molar-refractivity contribution in [3.63, 3.8) is 0 Å². The highest BCUT2D eigenvalue weighted by atomic mass is 16.3. The SMILES string of the molecule is OC1=CC(O)C(=Cc2ccc(O)cc2O)C=C1. The lowest BCUT2D eigenvalue weighted by Crippen LogP contribution is -2.09. The first-order chi connectivity index (χ1) is 8.06. The van der Waals surface area contributed by atoms with Crippen LogP contribution < -0.4 is 0 Å². The van der Waals surface area contributed by atoms with E-state index in [2.05, 4.69) is 0 Å². The molecule has 0 amide bonds. The van der Waals surface area contributed by atoms with Gasteiger partial charge in [0.15, 0.2) is 0 Å². The predicted octanol–water partition coefficient (Wildman–Crippen LogP) is 1.85. The van der Waals surface area contributed by atoms with Gasteiger partial charge in [-0.2, -0.15) is 0 Å². The standard InChI is InChI=1S/C13H12O4/c14-10-3-1-8(12(16)6-10)5-9-2-4-11(15)7-13(9)17/h1-7,12,14-17H. The summed E-state index contributed by atoms with van der Waals surface area (Å²) >= 11 is 0. The molecule has 88 valence electrons. The Kier molecular flexibility index (Phi) is 2.89. The monoisotopic (exact) mass is 232 g/mol. The molecule has 0 aliphatic heterocycles. The molecule has 2 rings (SSSR count). The van der Waals surface area contributed by atoms with Gasteiger partial charge in [-0.15, -0.1) is 0 Å². The smallest absolute Gasteiger partial charge is 0.126 e. The highest BCUT2D eigenvalue weighted by Gasteiger charge is 2.11. The first-order valence-electron chi connectivity index (χ1n) is 5.07. The third kappa shape index (κ3) is 2.49. The predicted molar refractivity (Wildman–Crippen MR) is 63.6 cm³/mol. The Balaban J connectivity index is 2.34. The molecule has 4 heteroatoms. The molecular formula is C13H12O4. The molecule has 1 atom stereocenters. The number of hydrogen-bond donors (Lipinski definition) is 4. The molecule has 0 saturated heterocycles. The maximum atomic E-state index is 9.66. The van der Waals surface area contributed by atoms with Gasteiger partial charge in [0.2, 0.25) is 0 Å². The van der Waals surface area contributed by atoms with E-state index < -0.39 is 6.10 Å². The third-order valence-corrected chi connectivity index (χ3v) is 2.45. The molecule has 0 fully saturated rings. The normalized spacial score (nSPS) is 21.6. The summed E-state index contributed by atoms with van der Waals surface area (Å²) in [5.74, 6) is -0.0941. The van der Waals surface area contributed by atoms with Crippen molar-refractivity contribution in [3.05, 3.63) is 53.3 Å². The summed E-state index contributed by atoms with van der Waals surface area (Å²) in [5.41, 5.74) is 1.03. The Hall–Kier alpha value is -2.20. The summed E-state index contributed by atoms with van der Waals surface area (Å²) in [4.78, 5) is 0. The lowest BCUT2D eigenvalue weighted by Gasteiger charge is -2.12. The number of aliphatic hydroxyl groups excluding tert-OH is 2. The van der Waals surface area contributed by atoms with Crippen LogP contribution in [0.2, 0.25) is 0 Å². The van der Waals surface area contributed by atoms with Crippen molar-refractivity contribution in [1.29, 1.82) is 0 Å². The van der Waals surface area contributed by atoms with Crippen LogP contribution in [0.5, 0.6) is 11.5 Å². The van der Waals surface area contributed by atoms with E-state index in [1.165, 1.54) is 30.4 Å². The van der Waals surface area contributed by atoms with Crippen LogP contribution in [0.1, 0.15) is 5.56 Å². The Labute approximate surface area is 98.1 Å². The van der Waals surface area contributed by atoms with E-state index in [9.17, 15) is 10.2 Å². The number of phenolic OH excluding ortho intramolecular Hbond substituents is 2. The largest absolute Gasteiger partial charge is 0.508 e. The van der Waals surface area contributed by atoms with E-state index in [1.807, 2.05) is 0 Å². The van der Waals surface area contributed by atoms with Crippen molar-refractivity contribution in [1.82, 2.24) is 0 Å². The minimum absolute atomic E-state index is 0.00424. The summed E-state index contributed by atoms with van der Waals surface area (Å²) in [5, 5.41) is 37.5. The highest BCUT2D eigenvalue weighted by molar-refractivity contribution is 5.64. The second-order valence-corrected chi connectivity index (χ2v) is 3.76. The number of rotatable bonds is 1.